The van der Waals surface area contributed by atoms with Crippen LogP contribution in [-0.4, -0.2) is 18.7 Å². The van der Waals surface area contributed by atoms with Gasteiger partial charge in [0.15, 0.2) is 0 Å². The lowest BCUT2D eigenvalue weighted by atomic mass is 9.78. The van der Waals surface area contributed by atoms with E-state index in [1.165, 1.54) is 12.1 Å². The summed E-state index contributed by atoms with van der Waals surface area (Å²) in [5.74, 6) is -0.253. The van der Waals surface area contributed by atoms with E-state index >= 15 is 0 Å². The highest BCUT2D eigenvalue weighted by Crippen LogP contribution is 2.28. The zero-order valence-corrected chi connectivity index (χ0v) is 13.5. The highest BCUT2D eigenvalue weighted by molar-refractivity contribution is 5.81. The van der Waals surface area contributed by atoms with Crippen LogP contribution in [0, 0.1) is 17.2 Å². The standard InChI is InChI=1S/C17H25FN2O2/c1-4-16(22)14(8-13-6-5-7-15(18)9-13)10-17(2,3)11-19-20-12-21/h5-7,9,12,14,19H,4,8,10-11H2,1-3H3,(H,20,21). The van der Waals surface area contributed by atoms with Crippen LogP contribution >= 0.6 is 0 Å². The van der Waals surface area contributed by atoms with Crippen molar-refractivity contribution in [2.24, 2.45) is 11.3 Å². The van der Waals surface area contributed by atoms with Gasteiger partial charge in [-0.05, 0) is 36.0 Å². The van der Waals surface area contributed by atoms with Gasteiger partial charge in [0.05, 0.1) is 0 Å². The van der Waals surface area contributed by atoms with E-state index in [1.54, 1.807) is 6.07 Å². The van der Waals surface area contributed by atoms with Gasteiger partial charge in [-0.2, -0.15) is 0 Å². The SMILES string of the molecule is CCC(=O)C(Cc1cccc(F)c1)CC(C)(C)CNNC=O. The van der Waals surface area contributed by atoms with Crippen LogP contribution in [0.1, 0.15) is 39.2 Å². The Morgan fingerprint density at radius 1 is 1.41 bits per heavy atom. The molecule has 2 N–H and O–H groups in total. The van der Waals surface area contributed by atoms with E-state index in [0.29, 0.717) is 32.2 Å². The number of amides is 1. The Hall–Kier alpha value is -1.75. The largest absolute Gasteiger partial charge is 0.299 e. The van der Waals surface area contributed by atoms with Crippen LogP contribution in [0.25, 0.3) is 0 Å². The molecule has 1 amide bonds. The van der Waals surface area contributed by atoms with Crippen LogP contribution in [-0.2, 0) is 16.0 Å². The molecule has 0 aliphatic rings. The summed E-state index contributed by atoms with van der Waals surface area (Å²) in [4.78, 5) is 22.5. The van der Waals surface area contributed by atoms with E-state index in [9.17, 15) is 14.0 Å². The molecule has 4 nitrogen and oxygen atoms in total. The van der Waals surface area contributed by atoms with E-state index in [-0.39, 0.29) is 22.9 Å². The molecule has 5 heteroatoms. The maximum atomic E-state index is 13.3. The molecule has 1 rings (SSSR count). The molecule has 22 heavy (non-hydrogen) atoms. The molecule has 0 radical (unpaired) electrons. The maximum Gasteiger partial charge on any atom is 0.221 e. The smallest absolute Gasteiger partial charge is 0.221 e. The summed E-state index contributed by atoms with van der Waals surface area (Å²) < 4.78 is 13.3. The van der Waals surface area contributed by atoms with E-state index in [0.717, 1.165) is 5.56 Å². The van der Waals surface area contributed by atoms with Crippen LogP contribution in [0.3, 0.4) is 0 Å². The van der Waals surface area contributed by atoms with Crippen molar-refractivity contribution in [1.29, 1.82) is 0 Å². The molecule has 0 aliphatic heterocycles. The lowest BCUT2D eigenvalue weighted by molar-refractivity contribution is -0.123. The third kappa shape index (κ3) is 6.35. The molecule has 0 saturated carbocycles. The molecule has 1 atom stereocenters. The summed E-state index contributed by atoms with van der Waals surface area (Å²) in [6, 6.07) is 6.39. The van der Waals surface area contributed by atoms with Crippen LogP contribution < -0.4 is 10.9 Å². The first-order valence-corrected chi connectivity index (χ1v) is 7.57. The van der Waals surface area contributed by atoms with Crippen molar-refractivity contribution in [3.8, 4) is 0 Å². The topological polar surface area (TPSA) is 58.2 Å². The number of Topliss-reactive ketones (excluding diaryl/α,β-unsaturated/α-hetero) is 1. The predicted octanol–water partition coefficient (Wildman–Crippen LogP) is 2.63. The highest BCUT2D eigenvalue weighted by Gasteiger charge is 2.27. The average molecular weight is 308 g/mol. The first-order chi connectivity index (χ1) is 10.4. The van der Waals surface area contributed by atoms with Gasteiger partial charge in [0.25, 0.3) is 0 Å². The van der Waals surface area contributed by atoms with Crippen LogP contribution in [0.2, 0.25) is 0 Å². The summed E-state index contributed by atoms with van der Waals surface area (Å²) in [6.45, 7) is 6.48. The first-order valence-electron chi connectivity index (χ1n) is 7.57. The molecule has 1 unspecified atom stereocenters. The summed E-state index contributed by atoms with van der Waals surface area (Å²) in [7, 11) is 0. The van der Waals surface area contributed by atoms with Gasteiger partial charge in [0.1, 0.15) is 11.6 Å². The van der Waals surface area contributed by atoms with Gasteiger partial charge in [0, 0.05) is 18.9 Å². The van der Waals surface area contributed by atoms with Gasteiger partial charge in [-0.15, -0.1) is 0 Å². The molecule has 1 aromatic carbocycles. The number of ketones is 1. The van der Waals surface area contributed by atoms with Crippen molar-refractivity contribution < 1.29 is 14.0 Å². The Morgan fingerprint density at radius 2 is 2.14 bits per heavy atom. The summed E-state index contributed by atoms with van der Waals surface area (Å²) in [5.41, 5.74) is 5.90. The number of carbonyl (C=O) groups excluding carboxylic acids is 2. The molecule has 0 aliphatic carbocycles. The normalized spacial score (nSPS) is 12.7. The van der Waals surface area contributed by atoms with Crippen LogP contribution in [0.15, 0.2) is 24.3 Å². The second kappa shape index (κ2) is 8.63. The average Bonchev–Trinajstić information content (AvgIpc) is 2.45. The highest BCUT2D eigenvalue weighted by atomic mass is 19.1. The minimum atomic E-state index is -0.281. The first kappa shape index (κ1) is 18.3. The Labute approximate surface area is 131 Å². The van der Waals surface area contributed by atoms with Crippen molar-refractivity contribution in [2.45, 2.75) is 40.0 Å². The van der Waals surface area contributed by atoms with Crippen molar-refractivity contribution >= 4 is 12.2 Å². The molecule has 0 spiro atoms. The fraction of sp³-hybridized carbons (Fsp3) is 0.529. The van der Waals surface area contributed by atoms with Crippen molar-refractivity contribution in [2.75, 3.05) is 6.54 Å². The Bertz CT molecular complexity index is 503. The molecule has 0 aromatic heterocycles. The van der Waals surface area contributed by atoms with E-state index in [4.69, 9.17) is 0 Å². The number of nitrogens with one attached hydrogen (secondary N) is 2. The molecule has 0 bridgehead atoms. The Balaban J connectivity index is 2.76. The monoisotopic (exact) mass is 308 g/mol. The summed E-state index contributed by atoms with van der Waals surface area (Å²) in [6.07, 6.45) is 2.26. The third-order valence-electron chi connectivity index (χ3n) is 3.70. The minimum absolute atomic E-state index is 0.153. The van der Waals surface area contributed by atoms with E-state index < -0.39 is 0 Å². The molecule has 1 aromatic rings. The number of hydrogen-bond donors (Lipinski definition) is 2. The lowest BCUT2D eigenvalue weighted by Gasteiger charge is -2.29. The molecule has 0 heterocycles. The van der Waals surface area contributed by atoms with Gasteiger partial charge in [0.2, 0.25) is 6.41 Å². The zero-order chi connectivity index (χ0) is 16.6. The fourth-order valence-corrected chi connectivity index (χ4v) is 2.61. The van der Waals surface area contributed by atoms with Crippen LogP contribution in [0.4, 0.5) is 4.39 Å². The zero-order valence-electron chi connectivity index (χ0n) is 13.5. The van der Waals surface area contributed by atoms with Crippen LogP contribution in [0.5, 0.6) is 0 Å². The van der Waals surface area contributed by atoms with Gasteiger partial charge < -0.3 is 0 Å². The molecule has 0 fully saturated rings. The van der Waals surface area contributed by atoms with Gasteiger partial charge in [-0.3, -0.25) is 15.0 Å². The predicted molar refractivity (Wildman–Crippen MR) is 84.5 cm³/mol. The maximum absolute atomic E-state index is 13.3. The van der Waals surface area contributed by atoms with Crippen molar-refractivity contribution in [3.63, 3.8) is 0 Å². The Morgan fingerprint density at radius 3 is 2.73 bits per heavy atom. The number of benzene rings is 1. The summed E-state index contributed by atoms with van der Waals surface area (Å²) in [5, 5.41) is 0. The fourth-order valence-electron chi connectivity index (χ4n) is 2.61. The number of hydrogen-bond acceptors (Lipinski definition) is 3. The van der Waals surface area contributed by atoms with Gasteiger partial charge in [-0.25, -0.2) is 9.82 Å². The third-order valence-corrected chi connectivity index (χ3v) is 3.70. The number of halogens is 1. The Kier molecular flexibility index (Phi) is 7.18. The van der Waals surface area contributed by atoms with Crippen molar-refractivity contribution in [1.82, 2.24) is 10.9 Å². The summed E-state index contributed by atoms with van der Waals surface area (Å²) >= 11 is 0. The molecule has 122 valence electrons. The second-order valence-corrected chi connectivity index (χ2v) is 6.33. The van der Waals surface area contributed by atoms with Crippen molar-refractivity contribution in [3.05, 3.63) is 35.6 Å². The van der Waals surface area contributed by atoms with Gasteiger partial charge in [-0.1, -0.05) is 32.9 Å². The minimum Gasteiger partial charge on any atom is -0.299 e. The molecular weight excluding hydrogens is 283 g/mol. The van der Waals surface area contributed by atoms with E-state index in [2.05, 4.69) is 10.9 Å². The second-order valence-electron chi connectivity index (χ2n) is 6.33. The molecular formula is C17H25FN2O2. The van der Waals surface area contributed by atoms with Gasteiger partial charge >= 0.3 is 0 Å². The molecule has 0 saturated heterocycles. The number of carbonyl (C=O) groups is 2. The quantitative estimate of drug-likeness (QED) is 0.397. The lowest BCUT2D eigenvalue weighted by Crippen LogP contribution is -2.40. The number of hydrazine groups is 1. The van der Waals surface area contributed by atoms with E-state index in [1.807, 2.05) is 26.8 Å². The number of rotatable bonds is 10.